The van der Waals surface area contributed by atoms with Crippen molar-refractivity contribution in [2.75, 3.05) is 6.61 Å². The van der Waals surface area contributed by atoms with Gasteiger partial charge in [-0.2, -0.15) is 5.26 Å². The predicted molar refractivity (Wildman–Crippen MR) is 136 cm³/mol. The third kappa shape index (κ3) is 4.27. The van der Waals surface area contributed by atoms with E-state index in [2.05, 4.69) is 52.8 Å². The van der Waals surface area contributed by atoms with Crippen molar-refractivity contribution in [3.8, 4) is 17.5 Å². The number of nitrogens with zero attached hydrogens (tertiary/aromatic N) is 5. The maximum absolute atomic E-state index is 10.2. The van der Waals surface area contributed by atoms with Crippen LogP contribution in [0.15, 0.2) is 61.2 Å². The van der Waals surface area contributed by atoms with Crippen LogP contribution in [0, 0.1) is 11.3 Å². The van der Waals surface area contributed by atoms with Crippen molar-refractivity contribution in [3.63, 3.8) is 0 Å². The zero-order valence-corrected chi connectivity index (χ0v) is 21.0. The second-order valence-electron chi connectivity index (χ2n) is 10.3. The molecular formula is C27H29N5OSi. The highest BCUT2D eigenvalue weighted by atomic mass is 28.3. The van der Waals surface area contributed by atoms with Crippen LogP contribution < -0.4 is 0 Å². The Kier molecular flexibility index (Phi) is 5.80. The summed E-state index contributed by atoms with van der Waals surface area (Å²) < 4.78 is 7.95. The number of ether oxygens (including phenoxy) is 1. The van der Waals surface area contributed by atoms with Crippen LogP contribution in [0.5, 0.6) is 0 Å². The topological polar surface area (TPSA) is 76.6 Å². The maximum atomic E-state index is 10.2. The minimum Gasteiger partial charge on any atom is -0.361 e. The van der Waals surface area contributed by atoms with Crippen molar-refractivity contribution in [3.05, 3.63) is 77.9 Å². The maximum Gasteiger partial charge on any atom is 0.145 e. The highest BCUT2D eigenvalue weighted by Gasteiger charge is 2.39. The molecule has 3 aromatic heterocycles. The van der Waals surface area contributed by atoms with E-state index in [1.807, 2.05) is 41.1 Å². The molecule has 0 unspecified atom stereocenters. The van der Waals surface area contributed by atoms with Crippen LogP contribution in [0.1, 0.15) is 16.7 Å². The van der Waals surface area contributed by atoms with Gasteiger partial charge in [0.25, 0.3) is 0 Å². The smallest absolute Gasteiger partial charge is 0.145 e. The Morgan fingerprint density at radius 2 is 1.82 bits per heavy atom. The fourth-order valence-corrected chi connectivity index (χ4v) is 5.43. The van der Waals surface area contributed by atoms with Gasteiger partial charge in [-0.3, -0.25) is 4.98 Å². The second kappa shape index (κ2) is 8.78. The summed E-state index contributed by atoms with van der Waals surface area (Å²) in [6.45, 7) is 8.28. The van der Waals surface area contributed by atoms with Crippen LogP contribution in [0.2, 0.25) is 25.7 Å². The van der Waals surface area contributed by atoms with Crippen molar-refractivity contribution in [1.29, 1.82) is 5.26 Å². The Morgan fingerprint density at radius 3 is 2.53 bits per heavy atom. The summed E-state index contributed by atoms with van der Waals surface area (Å²) in [5, 5.41) is 11.2. The van der Waals surface area contributed by atoms with Gasteiger partial charge < -0.3 is 9.30 Å². The van der Waals surface area contributed by atoms with E-state index in [-0.39, 0.29) is 0 Å². The quantitative estimate of drug-likeness (QED) is 0.270. The molecule has 0 N–H and O–H groups in total. The first-order valence-electron chi connectivity index (χ1n) is 11.7. The molecule has 4 aromatic rings. The zero-order valence-electron chi connectivity index (χ0n) is 20.0. The molecule has 172 valence electrons. The minimum atomic E-state index is -1.12. The summed E-state index contributed by atoms with van der Waals surface area (Å²) in [4.78, 5) is 13.7. The molecule has 0 spiro atoms. The van der Waals surface area contributed by atoms with Crippen LogP contribution in [-0.4, -0.2) is 34.2 Å². The molecular weight excluding hydrogens is 438 g/mol. The monoisotopic (exact) mass is 467 g/mol. The molecule has 0 saturated carbocycles. The third-order valence-corrected chi connectivity index (χ3v) is 8.36. The molecule has 1 aliphatic carbocycles. The van der Waals surface area contributed by atoms with Gasteiger partial charge in [0, 0.05) is 32.5 Å². The van der Waals surface area contributed by atoms with Gasteiger partial charge in [0.1, 0.15) is 24.4 Å². The molecule has 1 aliphatic rings. The number of pyridine rings is 1. The van der Waals surface area contributed by atoms with Gasteiger partial charge in [-0.1, -0.05) is 43.9 Å². The Bertz CT molecular complexity index is 1360. The molecule has 1 aromatic carbocycles. The number of aromatic nitrogens is 4. The predicted octanol–water partition coefficient (Wildman–Crippen LogP) is 5.37. The summed E-state index contributed by atoms with van der Waals surface area (Å²) in [7, 11) is -1.12. The summed E-state index contributed by atoms with van der Waals surface area (Å²) in [6, 6.07) is 18.1. The minimum absolute atomic E-state index is 0.466. The van der Waals surface area contributed by atoms with Crippen molar-refractivity contribution < 1.29 is 4.74 Å². The molecule has 6 nitrogen and oxygen atoms in total. The Balaban J connectivity index is 1.44. The van der Waals surface area contributed by atoms with Gasteiger partial charge in [-0.15, -0.1) is 0 Å². The molecule has 0 saturated heterocycles. The van der Waals surface area contributed by atoms with Crippen molar-refractivity contribution >= 4 is 19.1 Å². The largest absolute Gasteiger partial charge is 0.361 e. The number of benzene rings is 1. The lowest BCUT2D eigenvalue weighted by Crippen LogP contribution is -2.24. The van der Waals surface area contributed by atoms with Gasteiger partial charge in [0.05, 0.1) is 17.2 Å². The second-order valence-corrected chi connectivity index (χ2v) is 16.0. The molecule has 0 bridgehead atoms. The van der Waals surface area contributed by atoms with Crippen LogP contribution in [0.4, 0.5) is 0 Å². The van der Waals surface area contributed by atoms with Crippen molar-refractivity contribution in [2.45, 2.75) is 50.7 Å². The van der Waals surface area contributed by atoms with E-state index in [1.54, 1.807) is 12.5 Å². The van der Waals surface area contributed by atoms with Crippen LogP contribution in [-0.2, 0) is 29.7 Å². The highest BCUT2D eigenvalue weighted by Crippen LogP contribution is 2.40. The number of hydrogen-bond donors (Lipinski definition) is 0. The molecule has 0 radical (unpaired) electrons. The molecule has 34 heavy (non-hydrogen) atoms. The standard InChI is InChI=1S/C27H29N5OSi/c1-34(2,3)13-12-33-19-32-11-9-23-25(30-18-31-26(23)32)24-14-22(8-10-29-24)27(17-28)15-20-6-4-5-7-21(20)16-27/h4-11,14,18H,12-13,15-16,19H2,1-3H3. The molecule has 0 amide bonds. The average Bonchev–Trinajstić information content (AvgIpc) is 3.43. The Labute approximate surface area is 201 Å². The van der Waals surface area contributed by atoms with E-state index in [0.29, 0.717) is 19.6 Å². The first-order valence-corrected chi connectivity index (χ1v) is 15.4. The SMILES string of the molecule is C[Si](C)(C)CCOCn1ccc2c(-c3cc(C4(C#N)Cc5ccccc5C4)ccn3)ncnc21. The summed E-state index contributed by atoms with van der Waals surface area (Å²) in [6.07, 6.45) is 6.79. The fourth-order valence-electron chi connectivity index (χ4n) is 4.67. The van der Waals surface area contributed by atoms with E-state index < -0.39 is 13.5 Å². The molecule has 7 heteroatoms. The van der Waals surface area contributed by atoms with Crippen molar-refractivity contribution in [2.24, 2.45) is 0 Å². The highest BCUT2D eigenvalue weighted by molar-refractivity contribution is 6.76. The van der Waals surface area contributed by atoms with Gasteiger partial charge in [-0.05, 0) is 53.8 Å². The number of nitriles is 1. The summed E-state index contributed by atoms with van der Waals surface area (Å²) in [5.74, 6) is 0. The van der Waals surface area contributed by atoms with Gasteiger partial charge in [-0.25, -0.2) is 9.97 Å². The van der Waals surface area contributed by atoms with Gasteiger partial charge in [0.2, 0.25) is 0 Å². The Hall–Kier alpha value is -3.34. The fraction of sp³-hybridized carbons (Fsp3) is 0.333. The van der Waals surface area contributed by atoms with Crippen molar-refractivity contribution in [1.82, 2.24) is 19.5 Å². The first kappa shape index (κ1) is 22.4. The number of rotatable bonds is 7. The zero-order chi connectivity index (χ0) is 23.8. The summed E-state index contributed by atoms with van der Waals surface area (Å²) >= 11 is 0. The lowest BCUT2D eigenvalue weighted by Gasteiger charge is -2.21. The lowest BCUT2D eigenvalue weighted by atomic mass is 9.79. The van der Waals surface area contributed by atoms with E-state index in [1.165, 1.54) is 11.1 Å². The third-order valence-electron chi connectivity index (χ3n) is 6.65. The molecule has 5 rings (SSSR count). The normalized spacial score (nSPS) is 14.8. The van der Waals surface area contributed by atoms with E-state index >= 15 is 0 Å². The Morgan fingerprint density at radius 1 is 1.06 bits per heavy atom. The van der Waals surface area contributed by atoms with Crippen LogP contribution >= 0.6 is 0 Å². The van der Waals surface area contributed by atoms with Crippen LogP contribution in [0.25, 0.3) is 22.4 Å². The first-order chi connectivity index (χ1) is 16.4. The van der Waals surface area contributed by atoms with Gasteiger partial charge in [0.15, 0.2) is 0 Å². The number of hydrogen-bond acceptors (Lipinski definition) is 5. The number of fused-ring (bicyclic) bond motifs is 2. The van der Waals surface area contributed by atoms with Gasteiger partial charge >= 0.3 is 0 Å². The van der Waals surface area contributed by atoms with Crippen LogP contribution in [0.3, 0.4) is 0 Å². The molecule has 0 fully saturated rings. The molecule has 3 heterocycles. The van der Waals surface area contributed by atoms with E-state index in [0.717, 1.165) is 40.6 Å². The van der Waals surface area contributed by atoms with E-state index in [4.69, 9.17) is 4.74 Å². The molecule has 0 aliphatic heterocycles. The van der Waals surface area contributed by atoms with E-state index in [9.17, 15) is 5.26 Å². The molecule has 0 atom stereocenters. The summed E-state index contributed by atoms with van der Waals surface area (Å²) in [5.41, 5.74) is 5.26. The lowest BCUT2D eigenvalue weighted by molar-refractivity contribution is 0.0899. The average molecular weight is 468 g/mol.